The summed E-state index contributed by atoms with van der Waals surface area (Å²) in [5.74, 6) is -5.22. The predicted octanol–water partition coefficient (Wildman–Crippen LogP) is 7.25. The van der Waals surface area contributed by atoms with Gasteiger partial charge in [0.25, 0.3) is 0 Å². The molecule has 1 radical (unpaired) electrons. The molecule has 0 saturated carbocycles. The average Bonchev–Trinajstić information content (AvgIpc) is 3.76. The number of hydrogen-bond donors (Lipinski definition) is 5. The molecule has 5 N–H and O–H groups in total. The number of nitrogens with one attached hydrogen (secondary N) is 2. The third kappa shape index (κ3) is 8.88. The van der Waals surface area contributed by atoms with Gasteiger partial charge in [0.2, 0.25) is 11.8 Å². The number of carboxylic acids is 2. The Bertz CT molecular complexity index is 2860. The minimum atomic E-state index is -1.48. The van der Waals surface area contributed by atoms with Crippen molar-refractivity contribution < 1.29 is 67.2 Å². The van der Waals surface area contributed by atoms with E-state index >= 15 is 0 Å². The molecule has 0 amide bonds. The Labute approximate surface area is 354 Å². The molecule has 0 unspecified atom stereocenters. The van der Waals surface area contributed by atoms with Crippen molar-refractivity contribution in [3.8, 4) is 23.3 Å². The van der Waals surface area contributed by atoms with Crippen LogP contribution in [0.4, 0.5) is 22.7 Å². The summed E-state index contributed by atoms with van der Waals surface area (Å²) in [5.41, 5.74) is 1.10. The van der Waals surface area contributed by atoms with Crippen LogP contribution in [0.3, 0.4) is 0 Å². The monoisotopic (exact) mass is 851 g/mol. The molecule has 0 saturated heterocycles. The van der Waals surface area contributed by atoms with Gasteiger partial charge in [0.15, 0.2) is 22.9 Å². The number of aromatic hydroxyl groups is 2. The van der Waals surface area contributed by atoms with Crippen LogP contribution in [0.25, 0.3) is 21.8 Å². The van der Waals surface area contributed by atoms with Crippen molar-refractivity contribution in [2.75, 3.05) is 0 Å². The van der Waals surface area contributed by atoms with Gasteiger partial charge in [-0.2, -0.15) is 10.2 Å². The number of hydrogen-bond acceptors (Lipinski definition) is 13. The number of ketones is 2. The van der Waals surface area contributed by atoms with E-state index in [1.165, 1.54) is 72.8 Å². The van der Waals surface area contributed by atoms with Crippen LogP contribution >= 0.6 is 0 Å². The van der Waals surface area contributed by atoms with E-state index in [4.69, 9.17) is 0 Å². The fourth-order valence-electron chi connectivity index (χ4n) is 6.15. The molecule has 0 bridgehead atoms. The Morgan fingerprint density at radius 3 is 1.30 bits per heavy atom. The zero-order chi connectivity index (χ0) is 42.5. The van der Waals surface area contributed by atoms with E-state index in [1.807, 2.05) is 0 Å². The van der Waals surface area contributed by atoms with Crippen LogP contribution in [0.1, 0.15) is 52.6 Å². The van der Waals surface area contributed by atoms with Gasteiger partial charge in [-0.15, -0.1) is 10.2 Å². The molecular weight excluding hydrogens is 825 g/mol. The van der Waals surface area contributed by atoms with E-state index in [9.17, 15) is 49.8 Å². The van der Waals surface area contributed by atoms with Gasteiger partial charge in [-0.1, -0.05) is 115 Å². The number of carboxylic acid groups (broad SMARTS) is 2. The molecule has 2 aromatic heterocycles. The molecule has 0 aliphatic rings. The van der Waals surface area contributed by atoms with Crippen molar-refractivity contribution >= 4 is 68.1 Å². The van der Waals surface area contributed by atoms with Crippen molar-refractivity contribution in [2.24, 2.45) is 20.5 Å². The van der Waals surface area contributed by atoms with Gasteiger partial charge < -0.3 is 45.4 Å². The summed E-state index contributed by atoms with van der Waals surface area (Å²) >= 11 is 0. The SMILES string of the molecule is O=C(O)c1ccccc1C(=O)c1ccc([O-])c(N=Nc2c(O)[nH]c3ccccc23)c1.O=C([O-])c1ccccc1C(=O)c1ccc([O-])c(N=Nc2c(O)[nH]c3ccccc23)c1.[Cr+3]. The van der Waals surface area contributed by atoms with Crippen molar-refractivity contribution in [2.45, 2.75) is 0 Å². The van der Waals surface area contributed by atoms with Crippen molar-refractivity contribution in [1.29, 1.82) is 0 Å². The first-order chi connectivity index (χ1) is 28.9. The van der Waals surface area contributed by atoms with Crippen LogP contribution in [0.5, 0.6) is 23.3 Å². The number of nitrogens with zero attached hydrogens (tertiary/aromatic N) is 4. The molecule has 0 aliphatic heterocycles. The summed E-state index contributed by atoms with van der Waals surface area (Å²) in [6, 6.07) is 32.9. The normalized spacial score (nSPS) is 11.0. The van der Waals surface area contributed by atoms with Crippen molar-refractivity contribution in [3.63, 3.8) is 0 Å². The number of rotatable bonds is 10. The van der Waals surface area contributed by atoms with Gasteiger partial charge in [-0.3, -0.25) is 9.59 Å². The second kappa shape index (κ2) is 18.0. The topological polar surface area (TPSA) is 279 Å². The molecule has 6 aromatic carbocycles. The number of benzene rings is 6. The number of fused-ring (bicyclic) bond motifs is 2. The Hall–Kier alpha value is -8.39. The summed E-state index contributed by atoms with van der Waals surface area (Å²) in [7, 11) is 0. The maximum atomic E-state index is 12.8. The Balaban J connectivity index is 0.000000201. The maximum absolute atomic E-state index is 12.8. The molecule has 0 spiro atoms. The van der Waals surface area contributed by atoms with Crippen LogP contribution in [-0.2, 0) is 17.4 Å². The van der Waals surface area contributed by atoms with Gasteiger partial charge in [0.1, 0.15) is 0 Å². The number of H-pyrrole nitrogens is 2. The standard InChI is InChI=1S/2C22H15N3O5.Cr/c2*26-18-10-9-12(20(27)13-5-1-2-6-14(13)22(29)30)11-17(18)24-25-19-15-7-3-4-8-16(15)23-21(19)28;/h2*1-11,23,26,28H,(H,29,30);/q;;+3/p-3. The van der Waals surface area contributed by atoms with Gasteiger partial charge in [0.05, 0.1) is 33.9 Å². The molecule has 299 valence electrons. The number of para-hydroxylation sites is 2. The number of aromatic nitrogens is 2. The molecule has 0 atom stereocenters. The second-order valence-corrected chi connectivity index (χ2v) is 12.8. The smallest absolute Gasteiger partial charge is 0.871 e. The Kier molecular flexibility index (Phi) is 12.5. The summed E-state index contributed by atoms with van der Waals surface area (Å²) in [6.07, 6.45) is 0. The van der Waals surface area contributed by atoms with E-state index in [2.05, 4.69) is 30.4 Å². The molecule has 2 heterocycles. The van der Waals surface area contributed by atoms with Crippen molar-refractivity contribution in [3.05, 3.63) is 167 Å². The molecule has 8 rings (SSSR count). The van der Waals surface area contributed by atoms with Crippen LogP contribution in [0.2, 0.25) is 0 Å². The van der Waals surface area contributed by atoms with Crippen LogP contribution in [-0.4, -0.2) is 48.8 Å². The van der Waals surface area contributed by atoms with E-state index in [0.717, 1.165) is 6.07 Å². The summed E-state index contributed by atoms with van der Waals surface area (Å²) in [5, 5.41) is 82.1. The molecular formula is C44H27CrN6O10. The first-order valence-electron chi connectivity index (χ1n) is 17.7. The van der Waals surface area contributed by atoms with Crippen LogP contribution in [0.15, 0.2) is 154 Å². The minimum Gasteiger partial charge on any atom is -0.871 e. The number of carbonyl (C=O) groups excluding carboxylic acids is 3. The number of carbonyl (C=O) groups is 4. The first kappa shape index (κ1) is 42.2. The molecule has 0 fully saturated rings. The van der Waals surface area contributed by atoms with Gasteiger partial charge in [0, 0.05) is 38.6 Å². The van der Waals surface area contributed by atoms with Crippen LogP contribution < -0.4 is 15.3 Å². The molecule has 61 heavy (non-hydrogen) atoms. The molecule has 0 aliphatic carbocycles. The quantitative estimate of drug-likeness (QED) is 0.0679. The van der Waals surface area contributed by atoms with Gasteiger partial charge >= 0.3 is 23.3 Å². The van der Waals surface area contributed by atoms with Crippen LogP contribution in [0, 0.1) is 0 Å². The minimum absolute atomic E-state index is 0. The van der Waals surface area contributed by atoms with Crippen molar-refractivity contribution in [1.82, 2.24) is 9.97 Å². The Morgan fingerprint density at radius 2 is 0.869 bits per heavy atom. The largest absolute Gasteiger partial charge is 3.00 e. The molecule has 8 aromatic rings. The van der Waals surface area contributed by atoms with E-state index < -0.39 is 35.0 Å². The summed E-state index contributed by atoms with van der Waals surface area (Å²) < 4.78 is 0. The Morgan fingerprint density at radius 1 is 0.492 bits per heavy atom. The first-order valence-corrected chi connectivity index (χ1v) is 17.7. The summed E-state index contributed by atoms with van der Waals surface area (Å²) in [6.45, 7) is 0. The average molecular weight is 852 g/mol. The van der Waals surface area contributed by atoms with Gasteiger partial charge in [-0.05, 0) is 30.3 Å². The molecule has 17 heteroatoms. The van der Waals surface area contributed by atoms with E-state index in [0.29, 0.717) is 21.8 Å². The zero-order valence-corrected chi connectivity index (χ0v) is 32.4. The molecule has 16 nitrogen and oxygen atoms in total. The number of azo groups is 2. The maximum Gasteiger partial charge on any atom is 3.00 e. The van der Waals surface area contributed by atoms with E-state index in [1.54, 1.807) is 54.6 Å². The summed E-state index contributed by atoms with van der Waals surface area (Å²) in [4.78, 5) is 53.8. The third-order valence-electron chi connectivity index (χ3n) is 9.07. The second-order valence-electron chi connectivity index (χ2n) is 12.8. The zero-order valence-electron chi connectivity index (χ0n) is 31.1. The van der Waals surface area contributed by atoms with E-state index in [-0.39, 0.29) is 85.3 Å². The fourth-order valence-corrected chi connectivity index (χ4v) is 6.15. The fraction of sp³-hybridized carbons (Fsp3) is 0. The number of aromatic amines is 2. The van der Waals surface area contributed by atoms with Gasteiger partial charge in [-0.25, -0.2) is 4.79 Å². The number of aromatic carboxylic acids is 2. The third-order valence-corrected chi connectivity index (χ3v) is 9.07. The predicted molar refractivity (Wildman–Crippen MR) is 211 cm³/mol.